The molecule has 0 aliphatic heterocycles. The van der Waals surface area contributed by atoms with E-state index in [0.717, 1.165) is 24.8 Å². The highest BCUT2D eigenvalue weighted by Gasteiger charge is 2.14. The Bertz CT molecular complexity index is 356. The van der Waals surface area contributed by atoms with Gasteiger partial charge in [0.25, 0.3) is 0 Å². The number of halogens is 1. The first-order valence-corrected chi connectivity index (χ1v) is 7.33. The number of unbranched alkanes of at least 4 members (excludes halogenated alkanes) is 1. The minimum Gasteiger partial charge on any atom is -0.449 e. The maximum Gasteiger partial charge on any atom is 0.410 e. The molecule has 0 unspecified atom stereocenters. The molecular formula is C15H22ClNO2. The molecule has 0 spiro atoms. The van der Waals surface area contributed by atoms with Gasteiger partial charge >= 0.3 is 6.09 Å². The second-order valence-corrected chi connectivity index (χ2v) is 4.80. The summed E-state index contributed by atoms with van der Waals surface area (Å²) in [5, 5.41) is 0. The molecule has 3 nitrogen and oxygen atoms in total. The average Bonchev–Trinajstić information content (AvgIpc) is 2.44. The molecule has 0 aliphatic carbocycles. The van der Waals surface area contributed by atoms with E-state index in [1.54, 1.807) is 4.90 Å². The third-order valence-corrected chi connectivity index (χ3v) is 3.03. The van der Waals surface area contributed by atoms with Gasteiger partial charge in [-0.15, -0.1) is 11.6 Å². The molecule has 1 aromatic carbocycles. The summed E-state index contributed by atoms with van der Waals surface area (Å²) in [5.41, 5.74) is 1.10. The zero-order valence-electron chi connectivity index (χ0n) is 11.5. The lowest BCUT2D eigenvalue weighted by Crippen LogP contribution is -2.32. The van der Waals surface area contributed by atoms with Crippen LogP contribution in [-0.2, 0) is 11.3 Å². The second kappa shape index (κ2) is 9.68. The molecule has 0 N–H and O–H groups in total. The molecule has 0 atom stereocenters. The number of hydrogen-bond acceptors (Lipinski definition) is 2. The third-order valence-electron chi connectivity index (χ3n) is 2.76. The molecule has 19 heavy (non-hydrogen) atoms. The van der Waals surface area contributed by atoms with Crippen molar-refractivity contribution in [3.63, 3.8) is 0 Å². The van der Waals surface area contributed by atoms with Crippen LogP contribution in [0.25, 0.3) is 0 Å². The summed E-state index contributed by atoms with van der Waals surface area (Å²) in [7, 11) is 0. The Morgan fingerprint density at radius 1 is 1.26 bits per heavy atom. The molecule has 0 radical (unpaired) electrons. The Balaban J connectivity index is 2.53. The fourth-order valence-electron chi connectivity index (χ4n) is 1.68. The molecule has 0 saturated heterocycles. The van der Waals surface area contributed by atoms with Crippen LogP contribution in [0.4, 0.5) is 4.79 Å². The Morgan fingerprint density at radius 3 is 2.63 bits per heavy atom. The number of rotatable bonds is 8. The number of ether oxygens (including phenoxy) is 1. The van der Waals surface area contributed by atoms with Gasteiger partial charge in [-0.05, 0) is 18.4 Å². The molecular weight excluding hydrogens is 262 g/mol. The van der Waals surface area contributed by atoms with Gasteiger partial charge in [0.2, 0.25) is 0 Å². The maximum atomic E-state index is 12.0. The van der Waals surface area contributed by atoms with E-state index >= 15 is 0 Å². The number of amides is 1. The van der Waals surface area contributed by atoms with Crippen molar-refractivity contribution in [3.05, 3.63) is 35.9 Å². The predicted octanol–water partition coefficient (Wildman–Crippen LogP) is 4.05. The van der Waals surface area contributed by atoms with Crippen LogP contribution in [-0.4, -0.2) is 30.0 Å². The van der Waals surface area contributed by atoms with Crippen molar-refractivity contribution >= 4 is 17.7 Å². The van der Waals surface area contributed by atoms with E-state index in [9.17, 15) is 4.79 Å². The lowest BCUT2D eigenvalue weighted by Gasteiger charge is -2.22. The fourth-order valence-corrected chi connectivity index (χ4v) is 1.80. The van der Waals surface area contributed by atoms with Crippen LogP contribution in [0.3, 0.4) is 0 Å². The second-order valence-electron chi connectivity index (χ2n) is 4.42. The fraction of sp³-hybridized carbons (Fsp3) is 0.533. The first kappa shape index (κ1) is 15.8. The van der Waals surface area contributed by atoms with Gasteiger partial charge in [-0.3, -0.25) is 0 Å². The molecule has 0 saturated carbocycles. The SMILES string of the molecule is CCCCOC(=O)N(CCCCl)Cc1ccccc1. The minimum absolute atomic E-state index is 0.248. The number of benzene rings is 1. The molecule has 0 aromatic heterocycles. The van der Waals surface area contributed by atoms with Crippen molar-refractivity contribution in [1.82, 2.24) is 4.90 Å². The van der Waals surface area contributed by atoms with Gasteiger partial charge in [-0.25, -0.2) is 4.79 Å². The summed E-state index contributed by atoms with van der Waals surface area (Å²) in [6.07, 6.45) is 2.45. The summed E-state index contributed by atoms with van der Waals surface area (Å²) < 4.78 is 5.26. The Morgan fingerprint density at radius 2 is 2.00 bits per heavy atom. The summed E-state index contributed by atoms with van der Waals surface area (Å²) in [6.45, 7) is 3.76. The summed E-state index contributed by atoms with van der Waals surface area (Å²) in [6, 6.07) is 9.92. The van der Waals surface area contributed by atoms with Crippen molar-refractivity contribution < 1.29 is 9.53 Å². The van der Waals surface area contributed by atoms with Crippen LogP contribution < -0.4 is 0 Å². The van der Waals surface area contributed by atoms with Gasteiger partial charge in [0, 0.05) is 19.0 Å². The number of carbonyl (C=O) groups excluding carboxylic acids is 1. The standard InChI is InChI=1S/C15H22ClNO2/c1-2-3-12-19-15(18)17(11-7-10-16)13-14-8-5-4-6-9-14/h4-6,8-9H,2-3,7,10-13H2,1H3. The average molecular weight is 284 g/mol. The first-order valence-electron chi connectivity index (χ1n) is 6.79. The van der Waals surface area contributed by atoms with Gasteiger partial charge in [-0.2, -0.15) is 0 Å². The highest BCUT2D eigenvalue weighted by Crippen LogP contribution is 2.07. The number of alkyl halides is 1. The molecule has 106 valence electrons. The highest BCUT2D eigenvalue weighted by atomic mass is 35.5. The first-order chi connectivity index (χ1) is 9.27. The monoisotopic (exact) mass is 283 g/mol. The molecule has 1 amide bonds. The van der Waals surface area contributed by atoms with Crippen molar-refractivity contribution in [2.24, 2.45) is 0 Å². The quantitative estimate of drug-likeness (QED) is 0.532. The number of carbonyl (C=O) groups is 1. The van der Waals surface area contributed by atoms with E-state index in [1.807, 2.05) is 30.3 Å². The lowest BCUT2D eigenvalue weighted by atomic mass is 10.2. The van der Waals surface area contributed by atoms with E-state index in [4.69, 9.17) is 16.3 Å². The molecule has 1 aromatic rings. The van der Waals surface area contributed by atoms with Gasteiger partial charge < -0.3 is 9.64 Å². The number of nitrogens with zero attached hydrogens (tertiary/aromatic N) is 1. The highest BCUT2D eigenvalue weighted by molar-refractivity contribution is 6.17. The van der Waals surface area contributed by atoms with Crippen molar-refractivity contribution in [1.29, 1.82) is 0 Å². The Kier molecular flexibility index (Phi) is 8.07. The molecule has 0 heterocycles. The van der Waals surface area contributed by atoms with Crippen molar-refractivity contribution in [2.45, 2.75) is 32.7 Å². The predicted molar refractivity (Wildman–Crippen MR) is 78.4 cm³/mol. The molecule has 1 rings (SSSR count). The summed E-state index contributed by atoms with van der Waals surface area (Å²) in [5.74, 6) is 0.549. The van der Waals surface area contributed by atoms with Gasteiger partial charge in [-0.1, -0.05) is 43.7 Å². The van der Waals surface area contributed by atoms with E-state index < -0.39 is 0 Å². The molecule has 0 fully saturated rings. The van der Waals surface area contributed by atoms with Crippen molar-refractivity contribution in [3.8, 4) is 0 Å². The van der Waals surface area contributed by atoms with E-state index in [0.29, 0.717) is 25.6 Å². The van der Waals surface area contributed by atoms with E-state index in [1.165, 1.54) is 0 Å². The Labute approximate surface area is 120 Å². The maximum absolute atomic E-state index is 12.0. The van der Waals surface area contributed by atoms with E-state index in [2.05, 4.69) is 6.92 Å². The van der Waals surface area contributed by atoms with Crippen LogP contribution >= 0.6 is 11.6 Å². The molecule has 4 heteroatoms. The lowest BCUT2D eigenvalue weighted by molar-refractivity contribution is 0.0985. The van der Waals surface area contributed by atoms with Crippen LogP contribution in [0.15, 0.2) is 30.3 Å². The largest absolute Gasteiger partial charge is 0.449 e. The topological polar surface area (TPSA) is 29.5 Å². The summed E-state index contributed by atoms with van der Waals surface area (Å²) in [4.78, 5) is 13.7. The van der Waals surface area contributed by atoms with Gasteiger partial charge in [0.1, 0.15) is 0 Å². The molecule has 0 aliphatic rings. The molecule has 0 bridgehead atoms. The van der Waals surface area contributed by atoms with Crippen LogP contribution in [0, 0.1) is 0 Å². The van der Waals surface area contributed by atoms with Crippen molar-refractivity contribution in [2.75, 3.05) is 19.0 Å². The third kappa shape index (κ3) is 6.48. The van der Waals surface area contributed by atoms with Crippen LogP contribution in [0.1, 0.15) is 31.7 Å². The smallest absolute Gasteiger partial charge is 0.410 e. The Hall–Kier alpha value is -1.22. The minimum atomic E-state index is -0.248. The van der Waals surface area contributed by atoms with Gasteiger partial charge in [0.05, 0.1) is 6.61 Å². The zero-order valence-corrected chi connectivity index (χ0v) is 12.2. The van der Waals surface area contributed by atoms with Crippen LogP contribution in [0.5, 0.6) is 0 Å². The number of hydrogen-bond donors (Lipinski definition) is 0. The van der Waals surface area contributed by atoms with Crippen LogP contribution in [0.2, 0.25) is 0 Å². The van der Waals surface area contributed by atoms with E-state index in [-0.39, 0.29) is 6.09 Å². The summed E-state index contributed by atoms with van der Waals surface area (Å²) >= 11 is 5.70. The normalized spacial score (nSPS) is 10.2. The van der Waals surface area contributed by atoms with Gasteiger partial charge in [0.15, 0.2) is 0 Å². The zero-order chi connectivity index (χ0) is 13.9.